The van der Waals surface area contributed by atoms with Crippen LogP contribution in [0.4, 0.5) is 5.82 Å². The quantitative estimate of drug-likeness (QED) is 0.798. The number of nitrogens with two attached hydrogens (primary N) is 1. The predicted molar refractivity (Wildman–Crippen MR) is 64.7 cm³/mol. The van der Waals surface area contributed by atoms with Gasteiger partial charge in [-0.15, -0.1) is 0 Å². The SMILES string of the molecule is Cc1nc(N)c(C=O)c(Oc2ccc(O)cc2)n1. The first-order chi connectivity index (χ1) is 8.60. The van der Waals surface area contributed by atoms with Gasteiger partial charge in [0.2, 0.25) is 5.88 Å². The van der Waals surface area contributed by atoms with Crippen LogP contribution in [0.15, 0.2) is 24.3 Å². The Labute approximate surface area is 103 Å². The van der Waals surface area contributed by atoms with Crippen molar-refractivity contribution in [2.45, 2.75) is 6.92 Å². The first kappa shape index (κ1) is 11.8. The number of aromatic hydroxyl groups is 1. The molecule has 0 unspecified atom stereocenters. The molecule has 18 heavy (non-hydrogen) atoms. The minimum absolute atomic E-state index is 0.0753. The van der Waals surface area contributed by atoms with Crippen LogP contribution in [0.3, 0.4) is 0 Å². The fourth-order valence-electron chi connectivity index (χ4n) is 1.39. The van der Waals surface area contributed by atoms with E-state index in [1.165, 1.54) is 12.1 Å². The maximum Gasteiger partial charge on any atom is 0.235 e. The zero-order valence-corrected chi connectivity index (χ0v) is 9.62. The molecule has 0 aliphatic heterocycles. The molecule has 0 aliphatic carbocycles. The summed E-state index contributed by atoms with van der Waals surface area (Å²) in [4.78, 5) is 18.8. The third kappa shape index (κ3) is 2.37. The van der Waals surface area contributed by atoms with Gasteiger partial charge in [0.15, 0.2) is 6.29 Å². The topological polar surface area (TPSA) is 98.3 Å². The van der Waals surface area contributed by atoms with Crippen molar-refractivity contribution in [3.05, 3.63) is 35.7 Å². The number of rotatable bonds is 3. The normalized spacial score (nSPS) is 10.1. The molecule has 0 spiro atoms. The van der Waals surface area contributed by atoms with Crippen molar-refractivity contribution in [3.63, 3.8) is 0 Å². The van der Waals surface area contributed by atoms with Crippen LogP contribution in [0.1, 0.15) is 16.2 Å². The molecule has 0 amide bonds. The standard InChI is InChI=1S/C12H11N3O3/c1-7-14-11(13)10(6-16)12(15-7)18-9-4-2-8(17)3-5-9/h2-6,17H,1H3,(H2,13,14,15). The molecular formula is C12H11N3O3. The van der Waals surface area contributed by atoms with Crippen molar-refractivity contribution in [2.24, 2.45) is 0 Å². The zero-order valence-electron chi connectivity index (χ0n) is 9.62. The van der Waals surface area contributed by atoms with Crippen LogP contribution in [-0.4, -0.2) is 21.4 Å². The average Bonchev–Trinajstić information content (AvgIpc) is 2.32. The van der Waals surface area contributed by atoms with E-state index in [9.17, 15) is 4.79 Å². The number of nitrogens with zero attached hydrogens (tertiary/aromatic N) is 2. The summed E-state index contributed by atoms with van der Waals surface area (Å²) >= 11 is 0. The van der Waals surface area contributed by atoms with Gasteiger partial charge in [-0.05, 0) is 31.2 Å². The molecule has 2 rings (SSSR count). The van der Waals surface area contributed by atoms with Crippen LogP contribution in [-0.2, 0) is 0 Å². The van der Waals surface area contributed by atoms with Crippen LogP contribution in [0.2, 0.25) is 0 Å². The number of aromatic nitrogens is 2. The van der Waals surface area contributed by atoms with Gasteiger partial charge in [-0.1, -0.05) is 0 Å². The number of phenols is 1. The Bertz CT molecular complexity index is 582. The van der Waals surface area contributed by atoms with Crippen LogP contribution in [0, 0.1) is 6.92 Å². The minimum Gasteiger partial charge on any atom is -0.508 e. The Balaban J connectivity index is 2.39. The van der Waals surface area contributed by atoms with E-state index >= 15 is 0 Å². The Morgan fingerprint density at radius 1 is 1.28 bits per heavy atom. The summed E-state index contributed by atoms with van der Waals surface area (Å²) in [5.41, 5.74) is 5.71. The molecule has 6 nitrogen and oxygen atoms in total. The number of phenolic OH excluding ortho intramolecular Hbond substituents is 1. The van der Waals surface area contributed by atoms with Crippen LogP contribution in [0.25, 0.3) is 0 Å². The van der Waals surface area contributed by atoms with Gasteiger partial charge in [-0.3, -0.25) is 4.79 Å². The largest absolute Gasteiger partial charge is 0.508 e. The number of ether oxygens (including phenoxy) is 1. The molecule has 1 aromatic heterocycles. The molecule has 3 N–H and O–H groups in total. The van der Waals surface area contributed by atoms with E-state index in [2.05, 4.69) is 9.97 Å². The summed E-state index contributed by atoms with van der Waals surface area (Å²) in [6.07, 6.45) is 0.546. The Hall–Kier alpha value is -2.63. The van der Waals surface area contributed by atoms with E-state index in [1.54, 1.807) is 19.1 Å². The molecule has 0 fully saturated rings. The molecule has 0 atom stereocenters. The van der Waals surface area contributed by atoms with Crippen LogP contribution < -0.4 is 10.5 Å². The summed E-state index contributed by atoms with van der Waals surface area (Å²) in [5.74, 6) is 1.14. The first-order valence-electron chi connectivity index (χ1n) is 5.16. The average molecular weight is 245 g/mol. The van der Waals surface area contributed by atoms with Crippen molar-refractivity contribution in [3.8, 4) is 17.4 Å². The molecule has 92 valence electrons. The van der Waals surface area contributed by atoms with Gasteiger partial charge in [0.05, 0.1) is 0 Å². The molecule has 0 radical (unpaired) electrons. The number of carbonyl (C=O) groups is 1. The lowest BCUT2D eigenvalue weighted by molar-refractivity contribution is 0.112. The van der Waals surface area contributed by atoms with Gasteiger partial charge < -0.3 is 15.6 Å². The number of hydrogen-bond donors (Lipinski definition) is 2. The third-order valence-electron chi connectivity index (χ3n) is 2.22. The highest BCUT2D eigenvalue weighted by atomic mass is 16.5. The number of carbonyl (C=O) groups excluding carboxylic acids is 1. The van der Waals surface area contributed by atoms with Gasteiger partial charge in [-0.2, -0.15) is 4.98 Å². The van der Waals surface area contributed by atoms with Gasteiger partial charge in [0.1, 0.15) is 28.7 Å². The van der Waals surface area contributed by atoms with Gasteiger partial charge in [0, 0.05) is 0 Å². The smallest absolute Gasteiger partial charge is 0.235 e. The number of aldehydes is 1. The van der Waals surface area contributed by atoms with Crippen LogP contribution >= 0.6 is 0 Å². The second-order valence-corrected chi connectivity index (χ2v) is 3.59. The van der Waals surface area contributed by atoms with Gasteiger partial charge in [0.25, 0.3) is 0 Å². The Morgan fingerprint density at radius 2 is 1.94 bits per heavy atom. The first-order valence-corrected chi connectivity index (χ1v) is 5.16. The highest BCUT2D eigenvalue weighted by Crippen LogP contribution is 2.26. The minimum atomic E-state index is 0.0753. The molecule has 0 saturated carbocycles. The van der Waals surface area contributed by atoms with E-state index in [0.717, 1.165) is 0 Å². The lowest BCUT2D eigenvalue weighted by Crippen LogP contribution is -2.04. The maximum absolute atomic E-state index is 10.9. The summed E-state index contributed by atoms with van der Waals surface area (Å²) in [5, 5.41) is 9.15. The number of benzene rings is 1. The molecule has 1 heterocycles. The third-order valence-corrected chi connectivity index (χ3v) is 2.22. The van der Waals surface area contributed by atoms with Crippen molar-refractivity contribution in [1.29, 1.82) is 0 Å². The van der Waals surface area contributed by atoms with Crippen molar-refractivity contribution >= 4 is 12.1 Å². The highest BCUT2D eigenvalue weighted by Gasteiger charge is 2.12. The number of anilines is 1. The Kier molecular flexibility index (Phi) is 3.09. The molecule has 2 aromatic rings. The zero-order chi connectivity index (χ0) is 13.1. The van der Waals surface area contributed by atoms with Crippen molar-refractivity contribution in [1.82, 2.24) is 9.97 Å². The lowest BCUT2D eigenvalue weighted by atomic mass is 10.3. The van der Waals surface area contributed by atoms with E-state index in [1.807, 2.05) is 0 Å². The number of aryl methyl sites for hydroxylation is 1. The molecular weight excluding hydrogens is 234 g/mol. The van der Waals surface area contributed by atoms with E-state index in [-0.39, 0.29) is 23.0 Å². The van der Waals surface area contributed by atoms with Gasteiger partial charge in [-0.25, -0.2) is 4.98 Å². The molecule has 6 heteroatoms. The van der Waals surface area contributed by atoms with Gasteiger partial charge >= 0.3 is 0 Å². The lowest BCUT2D eigenvalue weighted by Gasteiger charge is -2.08. The second kappa shape index (κ2) is 4.70. The second-order valence-electron chi connectivity index (χ2n) is 3.59. The molecule has 1 aromatic carbocycles. The van der Waals surface area contributed by atoms with Crippen molar-refractivity contribution < 1.29 is 14.6 Å². The monoisotopic (exact) mass is 245 g/mol. The summed E-state index contributed by atoms with van der Waals surface area (Å²) in [6.45, 7) is 1.65. The predicted octanol–water partition coefficient (Wildman–Crippen LogP) is 1.68. The number of nitrogen functional groups attached to an aromatic ring is 1. The number of hydrogen-bond acceptors (Lipinski definition) is 6. The van der Waals surface area contributed by atoms with E-state index in [0.29, 0.717) is 17.9 Å². The molecule has 0 saturated heterocycles. The van der Waals surface area contributed by atoms with E-state index in [4.69, 9.17) is 15.6 Å². The van der Waals surface area contributed by atoms with E-state index < -0.39 is 0 Å². The Morgan fingerprint density at radius 3 is 2.56 bits per heavy atom. The molecule has 0 aliphatic rings. The fourth-order valence-corrected chi connectivity index (χ4v) is 1.39. The highest BCUT2D eigenvalue weighted by molar-refractivity contribution is 5.84. The van der Waals surface area contributed by atoms with Crippen molar-refractivity contribution in [2.75, 3.05) is 5.73 Å². The fraction of sp³-hybridized carbons (Fsp3) is 0.0833. The summed E-state index contributed by atoms with van der Waals surface area (Å²) < 4.78 is 5.44. The van der Waals surface area contributed by atoms with Crippen LogP contribution in [0.5, 0.6) is 17.4 Å². The maximum atomic E-state index is 10.9. The summed E-state index contributed by atoms with van der Waals surface area (Å²) in [6, 6.07) is 6.04. The molecule has 0 bridgehead atoms. The summed E-state index contributed by atoms with van der Waals surface area (Å²) in [7, 11) is 0.